The van der Waals surface area contributed by atoms with E-state index in [1.54, 1.807) is 0 Å². The molecule has 1 aromatic carbocycles. The number of para-hydroxylation sites is 1. The minimum absolute atomic E-state index is 0.0507. The van der Waals surface area contributed by atoms with Crippen LogP contribution in [0.3, 0.4) is 0 Å². The SMILES string of the molecule is Cc1cccc2c1NCCC2C(=O)n1nc2c(c1N)COCC2. The Kier molecular flexibility index (Phi) is 3.34. The summed E-state index contributed by atoms with van der Waals surface area (Å²) in [5, 5.41) is 7.86. The standard InChI is InChI=1S/C17H20N4O2/c1-10-3-2-4-11-12(5-7-19-15(10)11)17(22)21-16(18)13-9-23-8-6-14(13)20-21/h2-4,12,19H,5-9,18H2,1H3. The van der Waals surface area contributed by atoms with E-state index in [1.807, 2.05) is 12.1 Å². The average Bonchev–Trinajstić information content (AvgIpc) is 2.92. The van der Waals surface area contributed by atoms with Gasteiger partial charge in [0.2, 0.25) is 0 Å². The molecule has 2 aromatic rings. The lowest BCUT2D eigenvalue weighted by Crippen LogP contribution is -2.28. The molecule has 6 nitrogen and oxygen atoms in total. The molecule has 1 unspecified atom stereocenters. The Bertz CT molecular complexity index is 781. The number of aryl methyl sites for hydroxylation is 1. The van der Waals surface area contributed by atoms with Gasteiger partial charge in [-0.2, -0.15) is 9.78 Å². The van der Waals surface area contributed by atoms with Crippen LogP contribution in [0, 0.1) is 6.92 Å². The number of fused-ring (bicyclic) bond motifs is 2. The first-order valence-electron chi connectivity index (χ1n) is 7.98. The molecule has 120 valence electrons. The van der Waals surface area contributed by atoms with Gasteiger partial charge in [-0.15, -0.1) is 0 Å². The van der Waals surface area contributed by atoms with E-state index in [1.165, 1.54) is 4.68 Å². The molecule has 23 heavy (non-hydrogen) atoms. The van der Waals surface area contributed by atoms with Gasteiger partial charge in [0.1, 0.15) is 5.82 Å². The van der Waals surface area contributed by atoms with Crippen LogP contribution in [0.2, 0.25) is 0 Å². The summed E-state index contributed by atoms with van der Waals surface area (Å²) in [7, 11) is 0. The third-order valence-corrected chi connectivity index (χ3v) is 4.76. The number of nitrogens with one attached hydrogen (secondary N) is 1. The smallest absolute Gasteiger partial charge is 0.256 e. The molecule has 0 radical (unpaired) electrons. The van der Waals surface area contributed by atoms with Gasteiger partial charge in [-0.3, -0.25) is 4.79 Å². The molecule has 2 aliphatic heterocycles. The van der Waals surface area contributed by atoms with Crippen molar-refractivity contribution in [2.75, 3.05) is 24.2 Å². The largest absolute Gasteiger partial charge is 0.385 e. The number of anilines is 2. The number of aromatic nitrogens is 2. The lowest BCUT2D eigenvalue weighted by atomic mass is 9.88. The van der Waals surface area contributed by atoms with Crippen LogP contribution >= 0.6 is 0 Å². The molecule has 0 fully saturated rings. The van der Waals surface area contributed by atoms with Crippen LogP contribution in [0.5, 0.6) is 0 Å². The molecule has 1 atom stereocenters. The molecule has 2 aliphatic rings. The van der Waals surface area contributed by atoms with Crippen molar-refractivity contribution in [1.29, 1.82) is 0 Å². The fourth-order valence-electron chi connectivity index (χ4n) is 3.50. The van der Waals surface area contributed by atoms with Crippen LogP contribution in [-0.2, 0) is 17.8 Å². The Labute approximate surface area is 134 Å². The summed E-state index contributed by atoms with van der Waals surface area (Å²) in [6, 6.07) is 6.06. The molecular weight excluding hydrogens is 292 g/mol. The number of ether oxygens (including phenoxy) is 1. The first kappa shape index (κ1) is 14.3. The number of rotatable bonds is 1. The first-order chi connectivity index (χ1) is 11.2. The molecular formula is C17H20N4O2. The van der Waals surface area contributed by atoms with Gasteiger partial charge in [-0.05, 0) is 24.5 Å². The maximum atomic E-state index is 13.1. The fraction of sp³-hybridized carbons (Fsp3) is 0.412. The maximum Gasteiger partial charge on any atom is 0.256 e. The van der Waals surface area contributed by atoms with Crippen LogP contribution in [0.25, 0.3) is 0 Å². The van der Waals surface area contributed by atoms with Crippen LogP contribution in [-0.4, -0.2) is 28.8 Å². The van der Waals surface area contributed by atoms with E-state index in [9.17, 15) is 4.79 Å². The minimum Gasteiger partial charge on any atom is -0.385 e. The normalized spacial score (nSPS) is 19.6. The molecule has 0 bridgehead atoms. The second-order valence-corrected chi connectivity index (χ2v) is 6.17. The van der Waals surface area contributed by atoms with Crippen molar-refractivity contribution in [1.82, 2.24) is 9.78 Å². The number of hydrogen-bond acceptors (Lipinski definition) is 5. The summed E-state index contributed by atoms with van der Waals surface area (Å²) in [6.45, 7) is 3.90. The zero-order valence-corrected chi connectivity index (χ0v) is 13.1. The summed E-state index contributed by atoms with van der Waals surface area (Å²) < 4.78 is 6.82. The van der Waals surface area contributed by atoms with E-state index >= 15 is 0 Å². The fourth-order valence-corrected chi connectivity index (χ4v) is 3.50. The van der Waals surface area contributed by atoms with Crippen molar-refractivity contribution in [3.8, 4) is 0 Å². The Hall–Kier alpha value is -2.34. The second kappa shape index (κ2) is 5.38. The molecule has 4 rings (SSSR count). The van der Waals surface area contributed by atoms with Gasteiger partial charge >= 0.3 is 0 Å². The van der Waals surface area contributed by atoms with Crippen molar-refractivity contribution in [2.45, 2.75) is 32.3 Å². The zero-order chi connectivity index (χ0) is 16.0. The van der Waals surface area contributed by atoms with E-state index in [0.717, 1.165) is 41.0 Å². The minimum atomic E-state index is -0.212. The quantitative estimate of drug-likeness (QED) is 0.842. The van der Waals surface area contributed by atoms with Gasteiger partial charge in [-0.25, -0.2) is 0 Å². The Morgan fingerprint density at radius 1 is 1.48 bits per heavy atom. The number of nitrogens with zero attached hydrogens (tertiary/aromatic N) is 2. The van der Waals surface area contributed by atoms with E-state index in [0.29, 0.717) is 25.5 Å². The highest BCUT2D eigenvalue weighted by Crippen LogP contribution is 2.35. The van der Waals surface area contributed by atoms with Crippen molar-refractivity contribution in [3.05, 3.63) is 40.6 Å². The molecule has 6 heteroatoms. The second-order valence-electron chi connectivity index (χ2n) is 6.17. The Morgan fingerprint density at radius 2 is 2.35 bits per heavy atom. The van der Waals surface area contributed by atoms with Crippen LogP contribution < -0.4 is 11.1 Å². The van der Waals surface area contributed by atoms with Gasteiger partial charge in [0.15, 0.2) is 0 Å². The van der Waals surface area contributed by atoms with Gasteiger partial charge in [0.05, 0.1) is 24.8 Å². The third kappa shape index (κ3) is 2.21. The molecule has 0 saturated carbocycles. The molecule has 0 aliphatic carbocycles. The van der Waals surface area contributed by atoms with E-state index in [2.05, 4.69) is 23.4 Å². The Morgan fingerprint density at radius 3 is 3.17 bits per heavy atom. The number of nitrogen functional groups attached to an aromatic ring is 1. The lowest BCUT2D eigenvalue weighted by molar-refractivity contribution is 0.0859. The summed E-state index contributed by atoms with van der Waals surface area (Å²) >= 11 is 0. The van der Waals surface area contributed by atoms with E-state index in [-0.39, 0.29) is 11.8 Å². The predicted molar refractivity (Wildman–Crippen MR) is 87.7 cm³/mol. The van der Waals surface area contributed by atoms with Crippen molar-refractivity contribution < 1.29 is 9.53 Å². The number of carbonyl (C=O) groups is 1. The molecule has 0 spiro atoms. The van der Waals surface area contributed by atoms with E-state index in [4.69, 9.17) is 10.5 Å². The van der Waals surface area contributed by atoms with Gasteiger partial charge in [0, 0.05) is 24.2 Å². The Balaban J connectivity index is 1.74. The molecule has 3 heterocycles. The van der Waals surface area contributed by atoms with Crippen molar-refractivity contribution >= 4 is 17.4 Å². The van der Waals surface area contributed by atoms with Crippen LogP contribution in [0.4, 0.5) is 11.5 Å². The van der Waals surface area contributed by atoms with E-state index < -0.39 is 0 Å². The summed E-state index contributed by atoms with van der Waals surface area (Å²) in [5.41, 5.74) is 11.2. The molecule has 0 saturated heterocycles. The van der Waals surface area contributed by atoms with Crippen LogP contribution in [0.15, 0.2) is 18.2 Å². The highest BCUT2D eigenvalue weighted by molar-refractivity contribution is 5.90. The van der Waals surface area contributed by atoms with Crippen molar-refractivity contribution in [2.24, 2.45) is 0 Å². The zero-order valence-electron chi connectivity index (χ0n) is 13.1. The first-order valence-corrected chi connectivity index (χ1v) is 7.98. The molecule has 0 amide bonds. The summed E-state index contributed by atoms with van der Waals surface area (Å²) in [5.74, 6) is 0.165. The maximum absolute atomic E-state index is 13.1. The predicted octanol–water partition coefficient (Wildman–Crippen LogP) is 2.09. The summed E-state index contributed by atoms with van der Waals surface area (Å²) in [4.78, 5) is 13.1. The molecule has 1 aromatic heterocycles. The number of hydrogen-bond donors (Lipinski definition) is 2. The van der Waals surface area contributed by atoms with Crippen molar-refractivity contribution in [3.63, 3.8) is 0 Å². The highest BCUT2D eigenvalue weighted by atomic mass is 16.5. The monoisotopic (exact) mass is 312 g/mol. The highest BCUT2D eigenvalue weighted by Gasteiger charge is 2.31. The number of benzene rings is 1. The molecule has 3 N–H and O–H groups in total. The third-order valence-electron chi connectivity index (χ3n) is 4.76. The number of carbonyl (C=O) groups excluding carboxylic acids is 1. The average molecular weight is 312 g/mol. The summed E-state index contributed by atoms with van der Waals surface area (Å²) in [6.07, 6.45) is 1.46. The van der Waals surface area contributed by atoms with Gasteiger partial charge < -0.3 is 15.8 Å². The van der Waals surface area contributed by atoms with Crippen LogP contribution in [0.1, 0.15) is 39.5 Å². The number of nitrogens with two attached hydrogens (primary N) is 1. The van der Waals surface area contributed by atoms with Gasteiger partial charge in [-0.1, -0.05) is 18.2 Å². The topological polar surface area (TPSA) is 82.2 Å². The van der Waals surface area contributed by atoms with Gasteiger partial charge in [0.25, 0.3) is 5.91 Å². The lowest BCUT2D eigenvalue weighted by Gasteiger charge is -2.27.